The maximum Gasteiger partial charge on any atom is 0.168 e. The third-order valence-electron chi connectivity index (χ3n) is 5.67. The maximum absolute atomic E-state index is 6.31. The van der Waals surface area contributed by atoms with Crippen LogP contribution in [-0.2, 0) is 9.47 Å². The van der Waals surface area contributed by atoms with Crippen LogP contribution < -0.4 is 5.32 Å². The van der Waals surface area contributed by atoms with Gasteiger partial charge in [0.1, 0.15) is 0 Å². The molecule has 0 saturated carbocycles. The Balaban J connectivity index is 2.58. The summed E-state index contributed by atoms with van der Waals surface area (Å²) in [6.45, 7) is 11.4. The average Bonchev–Trinajstić information content (AvgIpc) is 2.75. The van der Waals surface area contributed by atoms with Crippen LogP contribution in [0.4, 0.5) is 5.69 Å². The molecule has 1 N–H and O–H groups in total. The molecule has 1 rings (SSSR count). The van der Waals surface area contributed by atoms with Crippen molar-refractivity contribution in [2.24, 2.45) is 5.92 Å². The third kappa shape index (κ3) is 11.6. The van der Waals surface area contributed by atoms with E-state index in [9.17, 15) is 0 Å². The van der Waals surface area contributed by atoms with Gasteiger partial charge in [-0.2, -0.15) is 0 Å². The summed E-state index contributed by atoms with van der Waals surface area (Å²) in [5, 5.41) is 3.55. The highest BCUT2D eigenvalue weighted by molar-refractivity contribution is 5.42. The van der Waals surface area contributed by atoms with E-state index in [1.54, 1.807) is 0 Å². The van der Waals surface area contributed by atoms with Gasteiger partial charge in [-0.15, -0.1) is 0 Å². The van der Waals surface area contributed by atoms with Crippen molar-refractivity contribution in [3.05, 3.63) is 30.3 Å². The molecule has 168 valence electrons. The molecule has 0 aliphatic heterocycles. The first-order chi connectivity index (χ1) is 14.2. The molecule has 0 amide bonds. The maximum atomic E-state index is 6.31. The van der Waals surface area contributed by atoms with Gasteiger partial charge in [0, 0.05) is 31.4 Å². The fraction of sp³-hybridized carbons (Fsp3) is 0.769. The molecule has 0 radical (unpaired) electrons. The summed E-state index contributed by atoms with van der Waals surface area (Å²) >= 11 is 0. The minimum Gasteiger partial charge on any atom is -0.385 e. The predicted molar refractivity (Wildman–Crippen MR) is 127 cm³/mol. The first kappa shape index (κ1) is 26.0. The highest BCUT2D eigenvalue weighted by atomic mass is 16.7. The summed E-state index contributed by atoms with van der Waals surface area (Å²) < 4.78 is 12.6. The molecule has 0 saturated heterocycles. The van der Waals surface area contributed by atoms with E-state index in [1.807, 2.05) is 0 Å². The van der Waals surface area contributed by atoms with Crippen molar-refractivity contribution in [3.63, 3.8) is 0 Å². The largest absolute Gasteiger partial charge is 0.385 e. The van der Waals surface area contributed by atoms with Crippen LogP contribution in [0.15, 0.2) is 30.3 Å². The minimum atomic E-state index is -0.456. The fourth-order valence-corrected chi connectivity index (χ4v) is 3.86. The number of anilines is 1. The van der Waals surface area contributed by atoms with E-state index in [-0.39, 0.29) is 0 Å². The molecule has 1 aromatic carbocycles. The summed E-state index contributed by atoms with van der Waals surface area (Å²) in [5.41, 5.74) is 1.20. The van der Waals surface area contributed by atoms with Crippen molar-refractivity contribution < 1.29 is 9.47 Å². The molecule has 3 heteroatoms. The third-order valence-corrected chi connectivity index (χ3v) is 5.67. The van der Waals surface area contributed by atoms with Gasteiger partial charge in [0.15, 0.2) is 5.79 Å². The second-order valence-corrected chi connectivity index (χ2v) is 8.40. The Bertz CT molecular complexity index is 469. The summed E-state index contributed by atoms with van der Waals surface area (Å²) in [7, 11) is 0. The standard InChI is InChI=1S/C26H47NO2/c1-5-8-9-10-11-13-17-24(26(4,28-22-6-2)29-23-7-3)18-16-21-27-25-19-14-12-15-20-25/h12,14-15,19-20,24,27H,5-11,13,16-18,21-23H2,1-4H3. The summed E-state index contributed by atoms with van der Waals surface area (Å²) in [5.74, 6) is -0.00769. The van der Waals surface area contributed by atoms with Gasteiger partial charge < -0.3 is 14.8 Å². The number of nitrogens with one attached hydrogen (secondary N) is 1. The monoisotopic (exact) mass is 405 g/mol. The Morgan fingerprint density at radius 2 is 1.34 bits per heavy atom. The summed E-state index contributed by atoms with van der Waals surface area (Å²) in [6, 6.07) is 10.5. The molecular weight excluding hydrogens is 358 g/mol. The quantitative estimate of drug-likeness (QED) is 0.188. The van der Waals surface area contributed by atoms with Crippen molar-refractivity contribution in [3.8, 4) is 0 Å². The van der Waals surface area contributed by atoms with Crippen LogP contribution in [0.5, 0.6) is 0 Å². The van der Waals surface area contributed by atoms with Gasteiger partial charge in [-0.3, -0.25) is 0 Å². The molecule has 0 spiro atoms. The van der Waals surface area contributed by atoms with Crippen LogP contribution in [0.1, 0.15) is 98.3 Å². The van der Waals surface area contributed by atoms with E-state index in [0.29, 0.717) is 5.92 Å². The lowest BCUT2D eigenvalue weighted by Crippen LogP contribution is -2.41. The minimum absolute atomic E-state index is 0.448. The van der Waals surface area contributed by atoms with Crippen molar-refractivity contribution in [2.75, 3.05) is 25.1 Å². The van der Waals surface area contributed by atoms with Crippen LogP contribution in [0.2, 0.25) is 0 Å². The lowest BCUT2D eigenvalue weighted by molar-refractivity contribution is -0.258. The van der Waals surface area contributed by atoms with Gasteiger partial charge in [-0.1, -0.05) is 77.5 Å². The Morgan fingerprint density at radius 1 is 0.759 bits per heavy atom. The van der Waals surface area contributed by atoms with Gasteiger partial charge in [-0.05, 0) is 51.2 Å². The number of rotatable bonds is 19. The van der Waals surface area contributed by atoms with Crippen LogP contribution in [0, 0.1) is 5.92 Å². The SMILES string of the molecule is CCCCCCCCC(CCCNc1ccccc1)C(C)(OCCC)OCCC. The number of hydrogen-bond acceptors (Lipinski definition) is 3. The zero-order valence-electron chi connectivity index (χ0n) is 19.7. The molecule has 0 aliphatic rings. The Kier molecular flexibility index (Phi) is 15.0. The van der Waals surface area contributed by atoms with Crippen molar-refractivity contribution >= 4 is 5.69 Å². The van der Waals surface area contributed by atoms with Crippen molar-refractivity contribution in [1.29, 1.82) is 0 Å². The van der Waals surface area contributed by atoms with Crippen LogP contribution in [0.3, 0.4) is 0 Å². The molecule has 0 bridgehead atoms. The molecule has 1 atom stereocenters. The van der Waals surface area contributed by atoms with Crippen molar-refractivity contribution in [1.82, 2.24) is 0 Å². The molecule has 1 aromatic rings. The van der Waals surface area contributed by atoms with Crippen LogP contribution in [-0.4, -0.2) is 25.5 Å². The van der Waals surface area contributed by atoms with Crippen LogP contribution in [0.25, 0.3) is 0 Å². The van der Waals surface area contributed by atoms with E-state index in [0.717, 1.165) is 45.4 Å². The predicted octanol–water partition coefficient (Wildman–Crippen LogP) is 7.81. The van der Waals surface area contributed by atoms with E-state index in [1.165, 1.54) is 50.6 Å². The average molecular weight is 406 g/mol. The van der Waals surface area contributed by atoms with E-state index in [4.69, 9.17) is 9.47 Å². The molecule has 29 heavy (non-hydrogen) atoms. The normalized spacial score (nSPS) is 12.8. The van der Waals surface area contributed by atoms with Gasteiger partial charge in [-0.25, -0.2) is 0 Å². The van der Waals surface area contributed by atoms with Crippen molar-refractivity contribution in [2.45, 2.75) is 104 Å². The lowest BCUT2D eigenvalue weighted by Gasteiger charge is -2.38. The van der Waals surface area contributed by atoms with E-state index < -0.39 is 5.79 Å². The number of unbranched alkanes of at least 4 members (excludes halogenated alkanes) is 5. The summed E-state index contributed by atoms with van der Waals surface area (Å²) in [6.07, 6.45) is 13.6. The number of hydrogen-bond donors (Lipinski definition) is 1. The smallest absolute Gasteiger partial charge is 0.168 e. The van der Waals surface area contributed by atoms with E-state index in [2.05, 4.69) is 63.3 Å². The number of benzene rings is 1. The molecule has 0 heterocycles. The Morgan fingerprint density at radius 3 is 1.97 bits per heavy atom. The van der Waals surface area contributed by atoms with Gasteiger partial charge in [0.2, 0.25) is 0 Å². The molecule has 0 aliphatic carbocycles. The molecule has 0 fully saturated rings. The Labute approximate surface area is 181 Å². The van der Waals surface area contributed by atoms with Gasteiger partial charge >= 0.3 is 0 Å². The van der Waals surface area contributed by atoms with E-state index >= 15 is 0 Å². The molecular formula is C26H47NO2. The zero-order valence-corrected chi connectivity index (χ0v) is 19.7. The van der Waals surface area contributed by atoms with Gasteiger partial charge in [0.05, 0.1) is 0 Å². The Hall–Kier alpha value is -1.06. The number of ether oxygens (including phenoxy) is 2. The molecule has 1 unspecified atom stereocenters. The lowest BCUT2D eigenvalue weighted by atomic mass is 9.88. The topological polar surface area (TPSA) is 30.5 Å². The summed E-state index contributed by atoms with van der Waals surface area (Å²) in [4.78, 5) is 0. The molecule has 0 aromatic heterocycles. The second-order valence-electron chi connectivity index (χ2n) is 8.40. The van der Waals surface area contributed by atoms with Gasteiger partial charge in [0.25, 0.3) is 0 Å². The zero-order chi connectivity index (χ0) is 21.2. The highest BCUT2D eigenvalue weighted by Crippen LogP contribution is 2.33. The molecule has 3 nitrogen and oxygen atoms in total. The second kappa shape index (κ2) is 16.7. The van der Waals surface area contributed by atoms with Crippen LogP contribution >= 0.6 is 0 Å². The first-order valence-electron chi connectivity index (χ1n) is 12.2. The first-order valence-corrected chi connectivity index (χ1v) is 12.2. The number of para-hydroxylation sites is 1. The highest BCUT2D eigenvalue weighted by Gasteiger charge is 2.35. The fourth-order valence-electron chi connectivity index (χ4n) is 3.86.